The molecule has 0 bridgehead atoms. The average molecular weight is 246 g/mol. The minimum atomic E-state index is 0.627. The fourth-order valence-corrected chi connectivity index (χ4v) is 3.40. The molecule has 100 valence electrons. The molecule has 1 saturated heterocycles. The third kappa shape index (κ3) is 2.92. The molecule has 1 aliphatic rings. The first-order valence-electron chi connectivity index (χ1n) is 7.32. The van der Waals surface area contributed by atoms with Crippen molar-refractivity contribution in [2.75, 3.05) is 0 Å². The van der Waals surface area contributed by atoms with Crippen LogP contribution >= 0.6 is 0 Å². The van der Waals surface area contributed by atoms with Crippen molar-refractivity contribution < 1.29 is 0 Å². The van der Waals surface area contributed by atoms with E-state index in [-0.39, 0.29) is 0 Å². The Hall–Kier alpha value is -0.890. The number of piperidine rings is 1. The quantitative estimate of drug-likeness (QED) is 0.881. The van der Waals surface area contributed by atoms with Crippen molar-refractivity contribution >= 4 is 0 Å². The van der Waals surface area contributed by atoms with Gasteiger partial charge in [0.1, 0.15) is 0 Å². The van der Waals surface area contributed by atoms with E-state index in [9.17, 15) is 0 Å². The summed E-state index contributed by atoms with van der Waals surface area (Å²) in [6, 6.07) is 3.51. The van der Waals surface area contributed by atoms with Crippen molar-refractivity contribution in [1.29, 1.82) is 0 Å². The van der Waals surface area contributed by atoms with Crippen LogP contribution in [-0.4, -0.2) is 17.1 Å². The standard InChI is InChI=1S/C16H26N2/c1-5-6-15-13(4)17-8-7-16(15)14-9-11(2)18-12(3)10-14/h7-8,11-12,14,18H,5-6,9-10H2,1-4H3. The normalized spacial score (nSPS) is 28.3. The second-order valence-electron chi connectivity index (χ2n) is 5.85. The minimum Gasteiger partial charge on any atom is -0.312 e. The number of aromatic nitrogens is 1. The number of rotatable bonds is 3. The molecule has 2 unspecified atom stereocenters. The van der Waals surface area contributed by atoms with Crippen LogP contribution in [0.4, 0.5) is 0 Å². The predicted octanol–water partition coefficient (Wildman–Crippen LogP) is 3.59. The molecule has 0 spiro atoms. The van der Waals surface area contributed by atoms with Crippen LogP contribution in [0.3, 0.4) is 0 Å². The molecule has 0 amide bonds. The van der Waals surface area contributed by atoms with Crippen LogP contribution in [0, 0.1) is 6.92 Å². The summed E-state index contributed by atoms with van der Waals surface area (Å²) in [5, 5.41) is 3.63. The van der Waals surface area contributed by atoms with E-state index >= 15 is 0 Å². The topological polar surface area (TPSA) is 24.9 Å². The maximum Gasteiger partial charge on any atom is 0.0407 e. The molecule has 0 saturated carbocycles. The molecule has 2 nitrogen and oxygen atoms in total. The minimum absolute atomic E-state index is 0.627. The molecule has 0 aliphatic carbocycles. The molecule has 1 aliphatic heterocycles. The first kappa shape index (κ1) is 13.5. The van der Waals surface area contributed by atoms with Crippen LogP contribution in [0.1, 0.15) is 62.8 Å². The zero-order valence-electron chi connectivity index (χ0n) is 12.2. The van der Waals surface area contributed by atoms with Gasteiger partial charge in [0, 0.05) is 24.0 Å². The number of hydrogen-bond acceptors (Lipinski definition) is 2. The molecule has 2 atom stereocenters. The van der Waals surface area contributed by atoms with Crippen molar-refractivity contribution in [2.24, 2.45) is 0 Å². The Morgan fingerprint density at radius 3 is 2.56 bits per heavy atom. The predicted molar refractivity (Wildman–Crippen MR) is 77.0 cm³/mol. The monoisotopic (exact) mass is 246 g/mol. The van der Waals surface area contributed by atoms with Crippen LogP contribution in [0.2, 0.25) is 0 Å². The van der Waals surface area contributed by atoms with Crippen LogP contribution in [0.5, 0.6) is 0 Å². The van der Waals surface area contributed by atoms with Gasteiger partial charge >= 0.3 is 0 Å². The summed E-state index contributed by atoms with van der Waals surface area (Å²) in [5.74, 6) is 0.708. The summed E-state index contributed by atoms with van der Waals surface area (Å²) in [6.07, 6.45) is 6.87. The number of nitrogens with one attached hydrogen (secondary N) is 1. The third-order valence-electron chi connectivity index (χ3n) is 4.09. The highest BCUT2D eigenvalue weighted by molar-refractivity contribution is 5.33. The molecule has 2 heteroatoms. The lowest BCUT2D eigenvalue weighted by molar-refractivity contribution is 0.316. The van der Waals surface area contributed by atoms with Crippen LogP contribution in [0.15, 0.2) is 12.3 Å². The lowest BCUT2D eigenvalue weighted by Gasteiger charge is -2.34. The Balaban J connectivity index is 2.29. The van der Waals surface area contributed by atoms with Gasteiger partial charge in [0.2, 0.25) is 0 Å². The van der Waals surface area contributed by atoms with E-state index in [1.807, 2.05) is 6.20 Å². The molecule has 0 aromatic carbocycles. The third-order valence-corrected chi connectivity index (χ3v) is 4.09. The lowest BCUT2D eigenvalue weighted by atomic mass is 9.81. The molecule has 2 heterocycles. The highest BCUT2D eigenvalue weighted by Crippen LogP contribution is 2.33. The molecule has 1 aromatic rings. The molecule has 0 radical (unpaired) electrons. The molecular weight excluding hydrogens is 220 g/mol. The fourth-order valence-electron chi connectivity index (χ4n) is 3.40. The number of nitrogens with zero attached hydrogens (tertiary/aromatic N) is 1. The zero-order chi connectivity index (χ0) is 13.1. The summed E-state index contributed by atoms with van der Waals surface area (Å²) in [7, 11) is 0. The Bertz CT molecular complexity index is 390. The summed E-state index contributed by atoms with van der Waals surface area (Å²) >= 11 is 0. The smallest absolute Gasteiger partial charge is 0.0407 e. The molecule has 1 fully saturated rings. The molecule has 1 aromatic heterocycles. The summed E-state index contributed by atoms with van der Waals surface area (Å²) in [5.41, 5.74) is 4.30. The Morgan fingerprint density at radius 2 is 1.94 bits per heavy atom. The summed E-state index contributed by atoms with van der Waals surface area (Å²) < 4.78 is 0. The van der Waals surface area contributed by atoms with E-state index < -0.39 is 0 Å². The molecule has 2 rings (SSSR count). The highest BCUT2D eigenvalue weighted by atomic mass is 15.0. The number of hydrogen-bond donors (Lipinski definition) is 1. The van der Waals surface area contributed by atoms with E-state index in [1.165, 1.54) is 36.9 Å². The van der Waals surface area contributed by atoms with E-state index in [0.717, 1.165) is 0 Å². The van der Waals surface area contributed by atoms with Gasteiger partial charge in [-0.25, -0.2) is 0 Å². The van der Waals surface area contributed by atoms with Gasteiger partial charge in [0.15, 0.2) is 0 Å². The second kappa shape index (κ2) is 5.83. The van der Waals surface area contributed by atoms with Crippen molar-refractivity contribution in [2.45, 2.75) is 71.4 Å². The van der Waals surface area contributed by atoms with Gasteiger partial charge in [0.25, 0.3) is 0 Å². The van der Waals surface area contributed by atoms with Gasteiger partial charge in [0.05, 0.1) is 0 Å². The number of pyridine rings is 1. The first-order valence-corrected chi connectivity index (χ1v) is 7.32. The Labute approximate surface area is 111 Å². The van der Waals surface area contributed by atoms with Gasteiger partial charge in [-0.3, -0.25) is 4.98 Å². The largest absolute Gasteiger partial charge is 0.312 e. The van der Waals surface area contributed by atoms with Crippen molar-refractivity contribution in [3.63, 3.8) is 0 Å². The van der Waals surface area contributed by atoms with Crippen molar-refractivity contribution in [3.8, 4) is 0 Å². The van der Waals surface area contributed by atoms with Crippen LogP contribution in [-0.2, 0) is 6.42 Å². The SMILES string of the molecule is CCCc1c(C2CC(C)NC(C)C2)ccnc1C. The Morgan fingerprint density at radius 1 is 1.28 bits per heavy atom. The zero-order valence-corrected chi connectivity index (χ0v) is 12.2. The van der Waals surface area contributed by atoms with E-state index in [0.29, 0.717) is 18.0 Å². The lowest BCUT2D eigenvalue weighted by Crippen LogP contribution is -2.41. The molecule has 1 N–H and O–H groups in total. The van der Waals surface area contributed by atoms with Crippen molar-refractivity contribution in [3.05, 3.63) is 29.1 Å². The van der Waals surface area contributed by atoms with E-state index in [1.54, 1.807) is 5.56 Å². The maximum absolute atomic E-state index is 4.48. The van der Waals surface area contributed by atoms with Gasteiger partial charge in [-0.15, -0.1) is 0 Å². The molecule has 18 heavy (non-hydrogen) atoms. The van der Waals surface area contributed by atoms with Gasteiger partial charge < -0.3 is 5.32 Å². The maximum atomic E-state index is 4.48. The Kier molecular flexibility index (Phi) is 4.39. The summed E-state index contributed by atoms with van der Waals surface area (Å²) in [6.45, 7) is 9.01. The van der Waals surface area contributed by atoms with Gasteiger partial charge in [-0.05, 0) is 63.1 Å². The van der Waals surface area contributed by atoms with Crippen molar-refractivity contribution in [1.82, 2.24) is 10.3 Å². The van der Waals surface area contributed by atoms with Gasteiger partial charge in [-0.2, -0.15) is 0 Å². The summed E-state index contributed by atoms with van der Waals surface area (Å²) in [4.78, 5) is 4.48. The van der Waals surface area contributed by atoms with E-state index in [4.69, 9.17) is 0 Å². The average Bonchev–Trinajstić information content (AvgIpc) is 2.30. The van der Waals surface area contributed by atoms with Crippen LogP contribution < -0.4 is 5.32 Å². The second-order valence-corrected chi connectivity index (χ2v) is 5.85. The fraction of sp³-hybridized carbons (Fsp3) is 0.688. The van der Waals surface area contributed by atoms with Crippen LogP contribution in [0.25, 0.3) is 0 Å². The highest BCUT2D eigenvalue weighted by Gasteiger charge is 2.26. The van der Waals surface area contributed by atoms with Gasteiger partial charge in [-0.1, -0.05) is 13.3 Å². The van der Waals surface area contributed by atoms with E-state index in [2.05, 4.69) is 44.1 Å². The molecular formula is C16H26N2. The first-order chi connectivity index (χ1) is 8.61. The number of aryl methyl sites for hydroxylation is 1.